The van der Waals surface area contributed by atoms with E-state index in [-0.39, 0.29) is 12.1 Å². The standard InChI is InChI=1S/C20H14Br2N2O/c21-14-7-5-13(6-8-14)19-23-18-4-2-1-3-17(18)20(25)24(19)16-11-9-15(22)10-12-16/h1-12,19,23H/t19-/m1/s1. The predicted octanol–water partition coefficient (Wildman–Crippen LogP) is 5.98. The average Bonchev–Trinajstić information content (AvgIpc) is 2.63. The van der Waals surface area contributed by atoms with E-state index in [0.29, 0.717) is 5.56 Å². The van der Waals surface area contributed by atoms with Crippen molar-refractivity contribution in [3.05, 3.63) is 92.9 Å². The molecule has 3 nitrogen and oxygen atoms in total. The maximum Gasteiger partial charge on any atom is 0.262 e. The van der Waals surface area contributed by atoms with Gasteiger partial charge in [-0.25, -0.2) is 0 Å². The maximum atomic E-state index is 13.2. The molecule has 0 fully saturated rings. The molecule has 1 aliphatic heterocycles. The molecule has 25 heavy (non-hydrogen) atoms. The van der Waals surface area contributed by atoms with E-state index < -0.39 is 0 Å². The molecule has 0 aromatic heterocycles. The number of para-hydroxylation sites is 1. The number of nitrogens with one attached hydrogen (secondary N) is 1. The molecular weight excluding hydrogens is 444 g/mol. The van der Waals surface area contributed by atoms with Crippen molar-refractivity contribution in [1.82, 2.24) is 0 Å². The second-order valence-electron chi connectivity index (χ2n) is 5.80. The molecule has 5 heteroatoms. The van der Waals surface area contributed by atoms with Gasteiger partial charge >= 0.3 is 0 Å². The number of carbonyl (C=O) groups excluding carboxylic acids is 1. The normalized spacial score (nSPS) is 16.3. The molecule has 0 radical (unpaired) electrons. The van der Waals surface area contributed by atoms with Gasteiger partial charge in [0.05, 0.1) is 5.56 Å². The number of benzene rings is 3. The van der Waals surface area contributed by atoms with Crippen LogP contribution in [-0.2, 0) is 0 Å². The van der Waals surface area contributed by atoms with Crippen molar-refractivity contribution in [3.63, 3.8) is 0 Å². The lowest BCUT2D eigenvalue weighted by molar-refractivity contribution is 0.0975. The molecule has 4 rings (SSSR count). The zero-order valence-electron chi connectivity index (χ0n) is 13.1. The Bertz CT molecular complexity index is 923. The third-order valence-electron chi connectivity index (χ3n) is 4.22. The molecule has 1 amide bonds. The topological polar surface area (TPSA) is 32.3 Å². The number of hydrogen-bond acceptors (Lipinski definition) is 2. The summed E-state index contributed by atoms with van der Waals surface area (Å²) in [5, 5.41) is 3.50. The van der Waals surface area contributed by atoms with Crippen LogP contribution in [0, 0.1) is 0 Å². The van der Waals surface area contributed by atoms with Crippen molar-refractivity contribution in [2.24, 2.45) is 0 Å². The van der Waals surface area contributed by atoms with Crippen LogP contribution in [0.4, 0.5) is 11.4 Å². The van der Waals surface area contributed by atoms with Crippen molar-refractivity contribution in [2.75, 3.05) is 10.2 Å². The van der Waals surface area contributed by atoms with Crippen LogP contribution in [0.5, 0.6) is 0 Å². The molecule has 1 atom stereocenters. The first-order valence-electron chi connectivity index (χ1n) is 7.83. The Hall–Kier alpha value is -2.11. The first-order chi connectivity index (χ1) is 12.1. The van der Waals surface area contributed by atoms with Gasteiger partial charge in [-0.2, -0.15) is 0 Å². The van der Waals surface area contributed by atoms with Gasteiger partial charge in [-0.1, -0.05) is 56.1 Å². The molecule has 124 valence electrons. The van der Waals surface area contributed by atoms with Crippen LogP contribution in [0.15, 0.2) is 81.7 Å². The number of anilines is 2. The van der Waals surface area contributed by atoms with Gasteiger partial charge in [-0.05, 0) is 54.1 Å². The Morgan fingerprint density at radius 3 is 2.08 bits per heavy atom. The molecule has 0 spiro atoms. The highest BCUT2D eigenvalue weighted by Gasteiger charge is 2.33. The SMILES string of the molecule is O=C1c2ccccc2N[C@@H](c2ccc(Br)cc2)N1c1ccc(Br)cc1. The fraction of sp³-hybridized carbons (Fsp3) is 0.0500. The Morgan fingerprint density at radius 1 is 0.800 bits per heavy atom. The van der Waals surface area contributed by atoms with E-state index in [1.165, 1.54) is 0 Å². The van der Waals surface area contributed by atoms with Crippen molar-refractivity contribution < 1.29 is 4.79 Å². The number of halogens is 2. The van der Waals surface area contributed by atoms with E-state index in [9.17, 15) is 4.79 Å². The van der Waals surface area contributed by atoms with Crippen LogP contribution >= 0.6 is 31.9 Å². The fourth-order valence-electron chi connectivity index (χ4n) is 3.00. The quantitative estimate of drug-likeness (QED) is 0.513. The van der Waals surface area contributed by atoms with E-state index in [1.807, 2.05) is 72.8 Å². The molecule has 1 aliphatic rings. The number of carbonyl (C=O) groups is 1. The van der Waals surface area contributed by atoms with E-state index in [4.69, 9.17) is 0 Å². The number of amides is 1. The van der Waals surface area contributed by atoms with Crippen LogP contribution < -0.4 is 10.2 Å². The van der Waals surface area contributed by atoms with Crippen LogP contribution in [0.2, 0.25) is 0 Å². The van der Waals surface area contributed by atoms with Gasteiger partial charge in [0.1, 0.15) is 6.17 Å². The molecular formula is C20H14Br2N2O. The first kappa shape index (κ1) is 16.4. The van der Waals surface area contributed by atoms with Crippen molar-refractivity contribution in [2.45, 2.75) is 6.17 Å². The predicted molar refractivity (Wildman–Crippen MR) is 108 cm³/mol. The van der Waals surface area contributed by atoms with Gasteiger partial charge in [0.25, 0.3) is 5.91 Å². The Kier molecular flexibility index (Phi) is 4.36. The molecule has 0 saturated heterocycles. The molecule has 1 heterocycles. The molecule has 3 aromatic carbocycles. The third-order valence-corrected chi connectivity index (χ3v) is 5.27. The first-order valence-corrected chi connectivity index (χ1v) is 9.42. The second kappa shape index (κ2) is 6.65. The average molecular weight is 458 g/mol. The highest BCUT2D eigenvalue weighted by Crippen LogP contribution is 2.37. The third kappa shape index (κ3) is 3.10. The minimum Gasteiger partial charge on any atom is -0.360 e. The van der Waals surface area contributed by atoms with Crippen molar-refractivity contribution in [3.8, 4) is 0 Å². The Labute approximate surface area is 162 Å². The van der Waals surface area contributed by atoms with E-state index in [1.54, 1.807) is 4.90 Å². The number of fused-ring (bicyclic) bond motifs is 1. The van der Waals surface area contributed by atoms with Gasteiger partial charge in [0.2, 0.25) is 0 Å². The highest BCUT2D eigenvalue weighted by molar-refractivity contribution is 9.10. The van der Waals surface area contributed by atoms with Crippen molar-refractivity contribution >= 4 is 49.1 Å². The monoisotopic (exact) mass is 456 g/mol. The van der Waals surface area contributed by atoms with Gasteiger partial charge in [0.15, 0.2) is 0 Å². The zero-order valence-corrected chi connectivity index (χ0v) is 16.3. The molecule has 0 saturated carbocycles. The van der Waals surface area contributed by atoms with E-state index in [0.717, 1.165) is 25.9 Å². The molecule has 1 N–H and O–H groups in total. The Morgan fingerprint density at radius 2 is 1.40 bits per heavy atom. The van der Waals surface area contributed by atoms with Crippen LogP contribution in [0.3, 0.4) is 0 Å². The molecule has 0 unspecified atom stereocenters. The highest BCUT2D eigenvalue weighted by atomic mass is 79.9. The minimum absolute atomic E-state index is 0.00964. The largest absolute Gasteiger partial charge is 0.360 e. The van der Waals surface area contributed by atoms with Crippen LogP contribution in [0.25, 0.3) is 0 Å². The van der Waals surface area contributed by atoms with E-state index in [2.05, 4.69) is 37.2 Å². The second-order valence-corrected chi connectivity index (χ2v) is 7.63. The van der Waals surface area contributed by atoms with E-state index >= 15 is 0 Å². The summed E-state index contributed by atoms with van der Waals surface area (Å²) < 4.78 is 1.99. The summed E-state index contributed by atoms with van der Waals surface area (Å²) in [6, 6.07) is 23.4. The van der Waals surface area contributed by atoms with Crippen LogP contribution in [-0.4, -0.2) is 5.91 Å². The summed E-state index contributed by atoms with van der Waals surface area (Å²) in [7, 11) is 0. The number of hydrogen-bond donors (Lipinski definition) is 1. The van der Waals surface area contributed by atoms with Gasteiger partial charge in [0, 0.05) is 20.3 Å². The maximum absolute atomic E-state index is 13.2. The molecule has 0 aliphatic carbocycles. The lowest BCUT2D eigenvalue weighted by Crippen LogP contribution is -2.43. The van der Waals surface area contributed by atoms with Gasteiger partial charge in [-0.3, -0.25) is 9.69 Å². The summed E-state index contributed by atoms with van der Waals surface area (Å²) in [6.07, 6.45) is -0.267. The summed E-state index contributed by atoms with van der Waals surface area (Å²) in [6.45, 7) is 0. The summed E-state index contributed by atoms with van der Waals surface area (Å²) >= 11 is 6.92. The Balaban J connectivity index is 1.85. The van der Waals surface area contributed by atoms with Crippen molar-refractivity contribution in [1.29, 1.82) is 0 Å². The lowest BCUT2D eigenvalue weighted by atomic mass is 10.0. The smallest absolute Gasteiger partial charge is 0.262 e. The van der Waals surface area contributed by atoms with Gasteiger partial charge in [-0.15, -0.1) is 0 Å². The summed E-state index contributed by atoms with van der Waals surface area (Å²) in [5.41, 5.74) is 3.41. The minimum atomic E-state index is -0.267. The molecule has 3 aromatic rings. The molecule has 0 bridgehead atoms. The number of rotatable bonds is 2. The number of nitrogens with zero attached hydrogens (tertiary/aromatic N) is 1. The summed E-state index contributed by atoms with van der Waals surface area (Å²) in [5.74, 6) is -0.00964. The van der Waals surface area contributed by atoms with Crippen LogP contribution in [0.1, 0.15) is 22.1 Å². The summed E-state index contributed by atoms with van der Waals surface area (Å²) in [4.78, 5) is 15.0. The zero-order chi connectivity index (χ0) is 17.4. The lowest BCUT2D eigenvalue weighted by Gasteiger charge is -2.38. The van der Waals surface area contributed by atoms with Gasteiger partial charge < -0.3 is 5.32 Å². The fourth-order valence-corrected chi connectivity index (χ4v) is 3.53.